The molecule has 2 amide bonds. The minimum absolute atomic E-state index is 0.0680. The van der Waals surface area contributed by atoms with E-state index >= 15 is 0 Å². The lowest BCUT2D eigenvalue weighted by Gasteiger charge is -2.34. The Morgan fingerprint density at radius 2 is 1.68 bits per heavy atom. The van der Waals surface area contributed by atoms with Crippen molar-refractivity contribution in [1.29, 1.82) is 0 Å². The molecule has 2 aliphatic rings. The summed E-state index contributed by atoms with van der Waals surface area (Å²) in [6, 6.07) is 13.4. The van der Waals surface area contributed by atoms with E-state index in [0.717, 1.165) is 5.56 Å². The van der Waals surface area contributed by atoms with Crippen LogP contribution in [0.4, 0.5) is 0 Å². The van der Waals surface area contributed by atoms with Gasteiger partial charge >= 0.3 is 0 Å². The summed E-state index contributed by atoms with van der Waals surface area (Å²) in [5.74, 6) is -0.238. The van der Waals surface area contributed by atoms with Crippen molar-refractivity contribution in [3.8, 4) is 0 Å². The molecule has 0 unspecified atom stereocenters. The summed E-state index contributed by atoms with van der Waals surface area (Å²) in [5.41, 5.74) is 2.66. The number of rotatable bonds is 3. The fraction of sp³-hybridized carbons (Fsp3) is 0.318. The van der Waals surface area contributed by atoms with Gasteiger partial charge in [0.25, 0.3) is 11.8 Å². The summed E-state index contributed by atoms with van der Waals surface area (Å²) >= 11 is 0. The minimum atomic E-state index is -0.170. The normalized spacial score (nSPS) is 18.5. The number of benzene rings is 1. The number of hydrogen-bond acceptors (Lipinski definition) is 6. The van der Waals surface area contributed by atoms with Gasteiger partial charge in [0, 0.05) is 38.6 Å². The standard InChI is InChI=1S/C22H22N6O3/c29-21(17-7-4-8-23-13-17)26-9-11-27(12-10-26)22(30)20-18-15-31-19(14-28(18)25-24-20)16-5-2-1-3-6-16/h1-8,13,19H,9-12,14-15H2/t19-/m0/s1. The number of carbonyl (C=O) groups is 2. The molecule has 2 aliphatic heterocycles. The Morgan fingerprint density at radius 3 is 2.39 bits per heavy atom. The third-order valence-corrected chi connectivity index (χ3v) is 5.73. The van der Waals surface area contributed by atoms with Gasteiger partial charge in [0.05, 0.1) is 24.4 Å². The van der Waals surface area contributed by atoms with Crippen molar-refractivity contribution in [1.82, 2.24) is 29.8 Å². The number of amides is 2. The topological polar surface area (TPSA) is 93.5 Å². The Labute approximate surface area is 179 Å². The third-order valence-electron chi connectivity index (χ3n) is 5.73. The van der Waals surface area contributed by atoms with Crippen molar-refractivity contribution in [2.24, 2.45) is 0 Å². The van der Waals surface area contributed by atoms with E-state index in [4.69, 9.17) is 4.74 Å². The van der Waals surface area contributed by atoms with Crippen LogP contribution in [0.2, 0.25) is 0 Å². The quantitative estimate of drug-likeness (QED) is 0.641. The van der Waals surface area contributed by atoms with Crippen molar-refractivity contribution in [3.05, 3.63) is 77.4 Å². The van der Waals surface area contributed by atoms with Crippen LogP contribution in [0.1, 0.15) is 38.2 Å². The molecular weight excluding hydrogens is 396 g/mol. The zero-order valence-corrected chi connectivity index (χ0v) is 16.9. The van der Waals surface area contributed by atoms with Crippen molar-refractivity contribution in [2.45, 2.75) is 19.3 Å². The predicted octanol–water partition coefficient (Wildman–Crippen LogP) is 1.54. The summed E-state index contributed by atoms with van der Waals surface area (Å²) < 4.78 is 7.75. The Morgan fingerprint density at radius 1 is 0.935 bits per heavy atom. The first-order chi connectivity index (χ1) is 15.2. The van der Waals surface area contributed by atoms with Crippen LogP contribution < -0.4 is 0 Å². The van der Waals surface area contributed by atoms with E-state index < -0.39 is 0 Å². The van der Waals surface area contributed by atoms with Gasteiger partial charge in [-0.25, -0.2) is 4.68 Å². The predicted molar refractivity (Wildman–Crippen MR) is 110 cm³/mol. The van der Waals surface area contributed by atoms with Gasteiger partial charge in [-0.2, -0.15) is 0 Å². The number of pyridine rings is 1. The molecule has 0 N–H and O–H groups in total. The number of nitrogens with zero attached hydrogens (tertiary/aromatic N) is 6. The second-order valence-corrected chi connectivity index (χ2v) is 7.60. The van der Waals surface area contributed by atoms with Gasteiger partial charge in [-0.05, 0) is 17.7 Å². The lowest BCUT2D eigenvalue weighted by Crippen LogP contribution is -2.50. The second kappa shape index (κ2) is 8.27. The van der Waals surface area contributed by atoms with Crippen LogP contribution >= 0.6 is 0 Å². The van der Waals surface area contributed by atoms with E-state index in [-0.39, 0.29) is 24.5 Å². The van der Waals surface area contributed by atoms with Crippen LogP contribution in [0.15, 0.2) is 54.9 Å². The maximum Gasteiger partial charge on any atom is 0.276 e. The van der Waals surface area contributed by atoms with E-state index in [0.29, 0.717) is 49.7 Å². The van der Waals surface area contributed by atoms with E-state index in [1.165, 1.54) is 0 Å². The molecular formula is C22H22N6O3. The number of fused-ring (bicyclic) bond motifs is 1. The van der Waals surface area contributed by atoms with Gasteiger partial charge in [-0.3, -0.25) is 14.6 Å². The summed E-state index contributed by atoms with van der Waals surface area (Å²) in [6.45, 7) is 2.64. The van der Waals surface area contributed by atoms with Crippen molar-refractivity contribution in [2.75, 3.05) is 26.2 Å². The van der Waals surface area contributed by atoms with Crippen LogP contribution in [0.3, 0.4) is 0 Å². The minimum Gasteiger partial charge on any atom is -0.365 e. The molecule has 4 heterocycles. The first-order valence-electron chi connectivity index (χ1n) is 10.3. The van der Waals surface area contributed by atoms with Gasteiger partial charge in [0.15, 0.2) is 5.69 Å². The fourth-order valence-electron chi connectivity index (χ4n) is 3.98. The van der Waals surface area contributed by atoms with Crippen LogP contribution in [0.25, 0.3) is 0 Å². The molecule has 1 fully saturated rings. The van der Waals surface area contributed by atoms with E-state index in [2.05, 4.69) is 15.3 Å². The second-order valence-electron chi connectivity index (χ2n) is 7.60. The number of carbonyl (C=O) groups excluding carboxylic acids is 2. The van der Waals surface area contributed by atoms with E-state index in [9.17, 15) is 9.59 Å². The lowest BCUT2D eigenvalue weighted by molar-refractivity contribution is -0.00202. The van der Waals surface area contributed by atoms with Crippen LogP contribution in [-0.4, -0.2) is 67.8 Å². The van der Waals surface area contributed by atoms with Gasteiger partial charge in [-0.15, -0.1) is 5.10 Å². The molecule has 0 aliphatic carbocycles. The highest BCUT2D eigenvalue weighted by atomic mass is 16.5. The van der Waals surface area contributed by atoms with Gasteiger partial charge in [0.1, 0.15) is 6.10 Å². The number of aromatic nitrogens is 4. The summed E-state index contributed by atoms with van der Waals surface area (Å²) in [5, 5.41) is 8.35. The van der Waals surface area contributed by atoms with Crippen molar-refractivity contribution < 1.29 is 14.3 Å². The van der Waals surface area contributed by atoms with Gasteiger partial charge in [-0.1, -0.05) is 35.5 Å². The number of piperazine rings is 1. The molecule has 3 aromatic rings. The van der Waals surface area contributed by atoms with Gasteiger partial charge < -0.3 is 14.5 Å². The Bertz CT molecular complexity index is 1080. The highest BCUT2D eigenvalue weighted by Gasteiger charge is 2.32. The molecule has 31 heavy (non-hydrogen) atoms. The highest BCUT2D eigenvalue weighted by Crippen LogP contribution is 2.27. The maximum atomic E-state index is 13.1. The van der Waals surface area contributed by atoms with Gasteiger partial charge in [0.2, 0.25) is 0 Å². The fourth-order valence-corrected chi connectivity index (χ4v) is 3.98. The molecule has 9 heteroatoms. The Kier molecular flexibility index (Phi) is 5.17. The Balaban J connectivity index is 1.23. The maximum absolute atomic E-state index is 13.1. The first kappa shape index (κ1) is 19.4. The molecule has 0 saturated carbocycles. The Hall–Kier alpha value is -3.59. The average molecular weight is 418 g/mol. The summed E-state index contributed by atoms with van der Waals surface area (Å²) in [4.78, 5) is 33.1. The molecule has 2 aromatic heterocycles. The average Bonchev–Trinajstić information content (AvgIpc) is 3.27. The van der Waals surface area contributed by atoms with Crippen LogP contribution in [0, 0.1) is 0 Å². The monoisotopic (exact) mass is 418 g/mol. The molecule has 1 atom stereocenters. The molecule has 0 spiro atoms. The zero-order valence-electron chi connectivity index (χ0n) is 16.9. The molecule has 1 saturated heterocycles. The number of ether oxygens (including phenoxy) is 1. The molecule has 1 aromatic carbocycles. The molecule has 9 nitrogen and oxygen atoms in total. The lowest BCUT2D eigenvalue weighted by atomic mass is 10.1. The van der Waals surface area contributed by atoms with Crippen LogP contribution in [0.5, 0.6) is 0 Å². The van der Waals surface area contributed by atoms with Crippen LogP contribution in [-0.2, 0) is 17.9 Å². The molecule has 0 radical (unpaired) electrons. The third kappa shape index (κ3) is 3.79. The zero-order chi connectivity index (χ0) is 21.2. The van der Waals surface area contributed by atoms with E-state index in [1.807, 2.05) is 30.3 Å². The molecule has 0 bridgehead atoms. The smallest absolute Gasteiger partial charge is 0.276 e. The first-order valence-corrected chi connectivity index (χ1v) is 10.3. The molecule has 5 rings (SSSR count). The summed E-state index contributed by atoms with van der Waals surface area (Å²) in [6.07, 6.45) is 3.09. The summed E-state index contributed by atoms with van der Waals surface area (Å²) in [7, 11) is 0. The van der Waals surface area contributed by atoms with E-state index in [1.54, 1.807) is 39.0 Å². The largest absolute Gasteiger partial charge is 0.365 e. The molecule has 158 valence electrons. The van der Waals surface area contributed by atoms with Crippen molar-refractivity contribution in [3.63, 3.8) is 0 Å². The highest BCUT2D eigenvalue weighted by molar-refractivity contribution is 5.95. The number of hydrogen-bond donors (Lipinski definition) is 0. The SMILES string of the molecule is O=C(c1cccnc1)N1CCN(C(=O)c2nnn3c2CO[C@H](c2ccccc2)C3)CC1. The van der Waals surface area contributed by atoms with Crippen molar-refractivity contribution >= 4 is 11.8 Å².